The molecule has 0 atom stereocenters. The van der Waals surface area contributed by atoms with Crippen molar-refractivity contribution >= 4 is 23.4 Å². The fraction of sp³-hybridized carbons (Fsp3) is 0.115. The number of nitrogens with zero attached hydrogens (tertiary/aromatic N) is 5. The lowest BCUT2D eigenvalue weighted by Crippen LogP contribution is -2.31. The topological polar surface area (TPSA) is 94.8 Å². The number of hydrogen-bond donors (Lipinski definition) is 1. The number of nitriles is 1. The Morgan fingerprint density at radius 2 is 1.97 bits per heavy atom. The molecule has 1 amide bonds. The number of carbonyl (C=O) groups is 1. The zero-order valence-electron chi connectivity index (χ0n) is 18.4. The van der Waals surface area contributed by atoms with Gasteiger partial charge in [0.05, 0.1) is 29.6 Å². The molecule has 1 aliphatic rings. The highest BCUT2D eigenvalue weighted by Crippen LogP contribution is 2.36. The summed E-state index contributed by atoms with van der Waals surface area (Å²) in [5.41, 5.74) is 3.32. The lowest BCUT2D eigenvalue weighted by atomic mass is 10.0. The minimum atomic E-state index is -0.450. The van der Waals surface area contributed by atoms with E-state index in [4.69, 9.17) is 0 Å². The van der Waals surface area contributed by atoms with Gasteiger partial charge in [0, 0.05) is 18.3 Å². The van der Waals surface area contributed by atoms with Crippen molar-refractivity contribution in [2.75, 3.05) is 16.8 Å². The van der Waals surface area contributed by atoms with Gasteiger partial charge >= 0.3 is 0 Å². The molecule has 4 aromatic rings. The van der Waals surface area contributed by atoms with Crippen LogP contribution in [0.15, 0.2) is 67.0 Å². The summed E-state index contributed by atoms with van der Waals surface area (Å²) in [6.45, 7) is 0.410. The smallest absolute Gasteiger partial charge is 0.231 e. The largest absolute Gasteiger partial charge is 0.310 e. The van der Waals surface area contributed by atoms with Crippen LogP contribution in [0.5, 0.6) is 0 Å². The molecule has 7 nitrogen and oxygen atoms in total. The Hall–Kier alpha value is -4.71. The van der Waals surface area contributed by atoms with E-state index in [1.807, 2.05) is 6.07 Å². The van der Waals surface area contributed by atoms with Gasteiger partial charge in [0.1, 0.15) is 23.5 Å². The summed E-state index contributed by atoms with van der Waals surface area (Å²) in [6, 6.07) is 16.4. The molecule has 35 heavy (non-hydrogen) atoms. The highest BCUT2D eigenvalue weighted by Gasteiger charge is 2.29. The van der Waals surface area contributed by atoms with Crippen LogP contribution in [0.3, 0.4) is 0 Å². The Labute approximate surface area is 199 Å². The number of rotatable bonds is 5. The van der Waals surface area contributed by atoms with E-state index < -0.39 is 11.6 Å². The Morgan fingerprint density at radius 3 is 2.74 bits per heavy atom. The molecule has 1 N–H and O–H groups in total. The van der Waals surface area contributed by atoms with Crippen molar-refractivity contribution in [3.8, 4) is 17.3 Å². The Kier molecular flexibility index (Phi) is 5.85. The monoisotopic (exact) mass is 468 g/mol. The van der Waals surface area contributed by atoms with Gasteiger partial charge in [-0.1, -0.05) is 18.2 Å². The Bertz CT molecular complexity index is 1470. The lowest BCUT2D eigenvalue weighted by molar-refractivity contribution is -0.117. The Morgan fingerprint density at radius 1 is 1.11 bits per heavy atom. The summed E-state index contributed by atoms with van der Waals surface area (Å²) in [5.74, 6) is -0.492. The molecule has 2 aromatic heterocycles. The van der Waals surface area contributed by atoms with Gasteiger partial charge in [-0.15, -0.1) is 0 Å². The molecule has 0 saturated carbocycles. The predicted octanol–water partition coefficient (Wildman–Crippen LogP) is 4.56. The van der Waals surface area contributed by atoms with Gasteiger partial charge in [0.15, 0.2) is 0 Å². The highest BCUT2D eigenvalue weighted by atomic mass is 19.1. The van der Waals surface area contributed by atoms with Gasteiger partial charge in [-0.25, -0.2) is 23.7 Å². The van der Waals surface area contributed by atoms with Crippen LogP contribution < -0.4 is 10.2 Å². The van der Waals surface area contributed by atoms with Crippen LogP contribution in [0.1, 0.15) is 16.7 Å². The number of anilines is 3. The molecule has 0 unspecified atom stereocenters. The molecule has 0 bridgehead atoms. The first-order valence-electron chi connectivity index (χ1n) is 10.8. The molecule has 3 heterocycles. The van der Waals surface area contributed by atoms with E-state index in [1.54, 1.807) is 41.4 Å². The van der Waals surface area contributed by atoms with Crippen molar-refractivity contribution in [3.05, 3.63) is 95.3 Å². The number of pyridine rings is 1. The first kappa shape index (κ1) is 22.1. The fourth-order valence-corrected chi connectivity index (χ4v) is 4.07. The van der Waals surface area contributed by atoms with Gasteiger partial charge in [0.2, 0.25) is 11.9 Å². The van der Waals surface area contributed by atoms with E-state index in [2.05, 4.69) is 26.3 Å². The number of aromatic nitrogens is 3. The second kappa shape index (κ2) is 9.27. The van der Waals surface area contributed by atoms with E-state index in [-0.39, 0.29) is 18.3 Å². The third-order valence-corrected chi connectivity index (χ3v) is 5.70. The first-order valence-corrected chi connectivity index (χ1v) is 10.8. The number of fused-ring (bicyclic) bond motifs is 1. The van der Waals surface area contributed by atoms with Gasteiger partial charge in [-0.05, 0) is 53.9 Å². The maximum absolute atomic E-state index is 14.0. The zero-order valence-corrected chi connectivity index (χ0v) is 18.4. The first-order chi connectivity index (χ1) is 17.0. The van der Waals surface area contributed by atoms with Crippen molar-refractivity contribution in [2.45, 2.75) is 12.8 Å². The molecule has 5 rings (SSSR count). The fourth-order valence-electron chi connectivity index (χ4n) is 4.07. The summed E-state index contributed by atoms with van der Waals surface area (Å²) in [5, 5.41) is 12.8. The van der Waals surface area contributed by atoms with Gasteiger partial charge in [0.25, 0.3) is 0 Å². The van der Waals surface area contributed by atoms with Crippen LogP contribution in [-0.4, -0.2) is 27.4 Å². The highest BCUT2D eigenvalue weighted by molar-refractivity contribution is 5.98. The van der Waals surface area contributed by atoms with E-state index in [1.165, 1.54) is 18.2 Å². The van der Waals surface area contributed by atoms with Gasteiger partial charge in [-0.2, -0.15) is 5.26 Å². The molecule has 172 valence electrons. The van der Waals surface area contributed by atoms with Gasteiger partial charge in [-0.3, -0.25) is 4.79 Å². The molecule has 0 fully saturated rings. The third kappa shape index (κ3) is 4.54. The molecule has 9 heteroatoms. The summed E-state index contributed by atoms with van der Waals surface area (Å²) >= 11 is 0. The van der Waals surface area contributed by atoms with Crippen molar-refractivity contribution < 1.29 is 13.6 Å². The standard InChI is InChI=1S/C26H18F2N6O/c27-20-5-6-23(31-15-20)33-26-30-9-7-22(32-26)18-11-17-8-10-34(25(17)19(12-18)14-29)24(35)13-16-3-1-2-4-21(16)28/h1-7,9,11-12,15H,8,10,13H2,(H,30,31,32,33). The van der Waals surface area contributed by atoms with Crippen LogP contribution in [0.25, 0.3) is 11.3 Å². The van der Waals surface area contributed by atoms with Crippen LogP contribution >= 0.6 is 0 Å². The number of hydrogen-bond acceptors (Lipinski definition) is 6. The SMILES string of the molecule is N#Cc1cc(-c2ccnc(Nc3ccc(F)cn3)n2)cc2c1N(C(=O)Cc1ccccc1F)CC2. The quantitative estimate of drug-likeness (QED) is 0.461. The van der Waals surface area contributed by atoms with Gasteiger partial charge < -0.3 is 10.2 Å². The zero-order chi connectivity index (χ0) is 24.4. The normalized spacial score (nSPS) is 12.2. The lowest BCUT2D eigenvalue weighted by Gasteiger charge is -2.19. The van der Waals surface area contributed by atoms with E-state index in [0.717, 1.165) is 11.8 Å². The molecular weight excluding hydrogens is 450 g/mol. The molecule has 0 saturated heterocycles. The van der Waals surface area contributed by atoms with Crippen LogP contribution in [-0.2, 0) is 17.6 Å². The second-order valence-corrected chi connectivity index (χ2v) is 7.96. The van der Waals surface area contributed by atoms with Crippen molar-refractivity contribution in [2.24, 2.45) is 0 Å². The molecular formula is C26H18F2N6O. The number of halogens is 2. The molecule has 2 aromatic carbocycles. The maximum Gasteiger partial charge on any atom is 0.231 e. The Balaban J connectivity index is 1.43. The summed E-state index contributed by atoms with van der Waals surface area (Å²) in [7, 11) is 0. The van der Waals surface area contributed by atoms with Crippen LogP contribution in [0, 0.1) is 23.0 Å². The summed E-state index contributed by atoms with van der Waals surface area (Å²) < 4.78 is 27.2. The predicted molar refractivity (Wildman–Crippen MR) is 126 cm³/mol. The molecule has 0 spiro atoms. The summed E-state index contributed by atoms with van der Waals surface area (Å²) in [6.07, 6.45) is 3.14. The molecule has 0 aliphatic carbocycles. The van der Waals surface area contributed by atoms with Crippen LogP contribution in [0.2, 0.25) is 0 Å². The average molecular weight is 468 g/mol. The minimum absolute atomic E-state index is 0.0862. The number of carbonyl (C=O) groups excluding carboxylic acids is 1. The third-order valence-electron chi connectivity index (χ3n) is 5.70. The molecule has 1 aliphatic heterocycles. The number of amides is 1. The van der Waals surface area contributed by atoms with Crippen molar-refractivity contribution in [3.63, 3.8) is 0 Å². The number of benzene rings is 2. The van der Waals surface area contributed by atoms with E-state index in [9.17, 15) is 18.8 Å². The maximum atomic E-state index is 14.0. The van der Waals surface area contributed by atoms with E-state index in [0.29, 0.717) is 46.9 Å². The van der Waals surface area contributed by atoms with E-state index >= 15 is 0 Å². The summed E-state index contributed by atoms with van der Waals surface area (Å²) in [4.78, 5) is 27.1. The van der Waals surface area contributed by atoms with Crippen molar-refractivity contribution in [1.29, 1.82) is 5.26 Å². The number of nitrogens with one attached hydrogen (secondary N) is 1. The van der Waals surface area contributed by atoms with Crippen molar-refractivity contribution in [1.82, 2.24) is 15.0 Å². The second-order valence-electron chi connectivity index (χ2n) is 7.96. The molecule has 0 radical (unpaired) electrons. The van der Waals surface area contributed by atoms with Crippen LogP contribution in [0.4, 0.5) is 26.2 Å². The average Bonchev–Trinajstić information content (AvgIpc) is 3.31. The minimum Gasteiger partial charge on any atom is -0.310 e.